The summed E-state index contributed by atoms with van der Waals surface area (Å²) in [5, 5.41) is 5.19. The van der Waals surface area contributed by atoms with Gasteiger partial charge in [-0.05, 0) is 84.3 Å². The van der Waals surface area contributed by atoms with Gasteiger partial charge in [-0.3, -0.25) is 14.4 Å². The molecule has 9 heteroatoms. The van der Waals surface area contributed by atoms with Gasteiger partial charge in [0.05, 0.1) is 12.7 Å². The minimum atomic E-state index is -0.537. The van der Waals surface area contributed by atoms with Gasteiger partial charge in [0, 0.05) is 34.5 Å². The van der Waals surface area contributed by atoms with Crippen LogP contribution in [0.25, 0.3) is 17.4 Å². The second kappa shape index (κ2) is 15.7. The number of nitrogens with zero attached hydrogens (tertiary/aromatic N) is 1. The van der Waals surface area contributed by atoms with Crippen LogP contribution in [0.1, 0.15) is 32.5 Å². The van der Waals surface area contributed by atoms with Crippen molar-refractivity contribution in [2.75, 3.05) is 23.9 Å². The molecule has 1 aromatic heterocycles. The van der Waals surface area contributed by atoms with Crippen LogP contribution >= 0.6 is 11.8 Å². The number of hydrogen-bond acceptors (Lipinski definition) is 6. The first-order valence-corrected chi connectivity index (χ1v) is 17.7. The second-order valence-corrected chi connectivity index (χ2v) is 13.2. The molecule has 3 amide bonds. The molecule has 2 N–H and O–H groups in total. The maximum atomic E-state index is 14.0. The molecule has 7 rings (SSSR count). The molecule has 2 heterocycles. The van der Waals surface area contributed by atoms with Gasteiger partial charge in [-0.1, -0.05) is 78.9 Å². The highest BCUT2D eigenvalue weighted by atomic mass is 32.2. The fourth-order valence-corrected chi connectivity index (χ4v) is 7.14. The van der Waals surface area contributed by atoms with E-state index in [1.165, 1.54) is 23.4 Å². The normalized spacial score (nSPS) is 12.9. The number of hydrogen-bond donors (Lipinski definition) is 2. The monoisotopic (exact) mass is 705 g/mol. The summed E-state index contributed by atoms with van der Waals surface area (Å²) in [7, 11) is 1.59. The van der Waals surface area contributed by atoms with E-state index in [1.807, 2.05) is 95.9 Å². The third kappa shape index (κ3) is 7.70. The first kappa shape index (κ1) is 34.1. The average Bonchev–Trinajstić information content (AvgIpc) is 3.85. The van der Waals surface area contributed by atoms with Gasteiger partial charge in [0.25, 0.3) is 11.8 Å². The van der Waals surface area contributed by atoms with E-state index in [2.05, 4.69) is 16.7 Å². The molecule has 6 aromatic rings. The number of thioether (sulfide) groups is 1. The molecule has 1 aliphatic heterocycles. The van der Waals surface area contributed by atoms with Crippen molar-refractivity contribution in [1.82, 2.24) is 5.32 Å². The largest absolute Gasteiger partial charge is 0.496 e. The maximum Gasteiger partial charge on any atom is 0.272 e. The SMILES string of the molecule is COc1ccccc1-c1ccc(/C=C(\NC(=O)c2ccccc2)C(=O)Nc2ccc(S[C@@H](C(=O)N3CCc4ccccc43)c3ccccc3)cc2)o1. The number of rotatable bonds is 11. The number of carbonyl (C=O) groups excluding carboxylic acids is 3. The van der Waals surface area contributed by atoms with Crippen LogP contribution in [0.2, 0.25) is 0 Å². The Morgan fingerprint density at radius 1 is 0.788 bits per heavy atom. The summed E-state index contributed by atoms with van der Waals surface area (Å²) in [6, 6.07) is 44.7. The van der Waals surface area contributed by atoms with Crippen LogP contribution in [0.4, 0.5) is 11.4 Å². The van der Waals surface area contributed by atoms with Crippen molar-refractivity contribution in [3.63, 3.8) is 0 Å². The predicted molar refractivity (Wildman–Crippen MR) is 205 cm³/mol. The van der Waals surface area contributed by atoms with Gasteiger partial charge in [0.1, 0.15) is 28.2 Å². The Morgan fingerprint density at radius 3 is 2.25 bits per heavy atom. The van der Waals surface area contributed by atoms with Gasteiger partial charge in [-0.15, -0.1) is 11.8 Å². The molecular weight excluding hydrogens is 671 g/mol. The molecule has 1 atom stereocenters. The fourth-order valence-electron chi connectivity index (χ4n) is 6.06. The summed E-state index contributed by atoms with van der Waals surface area (Å²) >= 11 is 1.46. The fraction of sp³-hybridized carbons (Fsp3) is 0.0930. The molecule has 0 radical (unpaired) electrons. The van der Waals surface area contributed by atoms with Crippen molar-refractivity contribution in [1.29, 1.82) is 0 Å². The van der Waals surface area contributed by atoms with Crippen molar-refractivity contribution < 1.29 is 23.5 Å². The highest BCUT2D eigenvalue weighted by molar-refractivity contribution is 8.00. The molecule has 258 valence electrons. The van der Waals surface area contributed by atoms with E-state index in [0.717, 1.165) is 28.1 Å². The molecule has 0 aliphatic carbocycles. The molecule has 0 fully saturated rings. The van der Waals surface area contributed by atoms with Gasteiger partial charge >= 0.3 is 0 Å². The number of ether oxygens (including phenoxy) is 1. The van der Waals surface area contributed by atoms with Crippen molar-refractivity contribution in [2.24, 2.45) is 0 Å². The average molecular weight is 706 g/mol. The van der Waals surface area contributed by atoms with Crippen LogP contribution < -0.4 is 20.3 Å². The van der Waals surface area contributed by atoms with Crippen molar-refractivity contribution in [3.8, 4) is 17.1 Å². The van der Waals surface area contributed by atoms with Crippen LogP contribution in [-0.4, -0.2) is 31.4 Å². The number of fused-ring (bicyclic) bond motifs is 1. The van der Waals surface area contributed by atoms with E-state index in [0.29, 0.717) is 35.1 Å². The topological polar surface area (TPSA) is 101 Å². The zero-order chi connectivity index (χ0) is 35.9. The van der Waals surface area contributed by atoms with Crippen molar-refractivity contribution in [3.05, 3.63) is 174 Å². The van der Waals surface area contributed by atoms with E-state index in [4.69, 9.17) is 9.15 Å². The number of nitrogens with one attached hydrogen (secondary N) is 2. The summed E-state index contributed by atoms with van der Waals surface area (Å²) in [5.74, 6) is 0.600. The number of amides is 3. The minimum absolute atomic E-state index is 0.00568. The summed E-state index contributed by atoms with van der Waals surface area (Å²) in [4.78, 5) is 43.7. The second-order valence-electron chi connectivity index (χ2n) is 12.0. The first-order chi connectivity index (χ1) is 25.5. The van der Waals surface area contributed by atoms with Crippen LogP contribution in [-0.2, 0) is 16.0 Å². The summed E-state index contributed by atoms with van der Waals surface area (Å²) < 4.78 is 11.6. The van der Waals surface area contributed by atoms with E-state index in [9.17, 15) is 14.4 Å². The minimum Gasteiger partial charge on any atom is -0.496 e. The zero-order valence-corrected chi connectivity index (χ0v) is 29.1. The van der Waals surface area contributed by atoms with E-state index in [1.54, 1.807) is 55.6 Å². The third-order valence-corrected chi connectivity index (χ3v) is 9.91. The van der Waals surface area contributed by atoms with E-state index >= 15 is 0 Å². The van der Waals surface area contributed by atoms with Gasteiger partial charge in [-0.25, -0.2) is 0 Å². The molecule has 8 nitrogen and oxygen atoms in total. The molecule has 1 aliphatic rings. The number of para-hydroxylation sites is 2. The number of benzene rings is 5. The predicted octanol–water partition coefficient (Wildman–Crippen LogP) is 8.79. The Labute approximate surface area is 306 Å². The van der Waals surface area contributed by atoms with Gasteiger partial charge in [-0.2, -0.15) is 0 Å². The molecule has 52 heavy (non-hydrogen) atoms. The number of methoxy groups -OCH3 is 1. The molecule has 0 saturated heterocycles. The smallest absolute Gasteiger partial charge is 0.272 e. The first-order valence-electron chi connectivity index (χ1n) is 16.8. The molecule has 0 unspecified atom stereocenters. The molecule has 5 aromatic carbocycles. The number of carbonyl (C=O) groups is 3. The lowest BCUT2D eigenvalue weighted by Crippen LogP contribution is -2.32. The Bertz CT molecular complexity index is 2230. The van der Waals surface area contributed by atoms with Crippen molar-refractivity contribution in [2.45, 2.75) is 16.6 Å². The molecular formula is C43H35N3O5S. The molecule has 0 saturated carbocycles. The van der Waals surface area contributed by atoms with E-state index < -0.39 is 17.1 Å². The lowest BCUT2D eigenvalue weighted by molar-refractivity contribution is -0.118. The summed E-state index contributed by atoms with van der Waals surface area (Å²) in [6.07, 6.45) is 2.32. The van der Waals surface area contributed by atoms with Crippen LogP contribution in [0.5, 0.6) is 5.75 Å². The van der Waals surface area contributed by atoms with Crippen LogP contribution in [0, 0.1) is 0 Å². The summed E-state index contributed by atoms with van der Waals surface area (Å²) in [5.41, 5.74) is 4.70. The quantitative estimate of drug-likeness (QED) is 0.103. The highest BCUT2D eigenvalue weighted by Gasteiger charge is 2.32. The third-order valence-electron chi connectivity index (χ3n) is 8.66. The van der Waals surface area contributed by atoms with E-state index in [-0.39, 0.29) is 11.6 Å². The van der Waals surface area contributed by atoms with Crippen LogP contribution in [0.15, 0.2) is 161 Å². The van der Waals surface area contributed by atoms with Gasteiger partial charge < -0.3 is 24.7 Å². The van der Waals surface area contributed by atoms with Crippen LogP contribution in [0.3, 0.4) is 0 Å². The number of furan rings is 1. The maximum absolute atomic E-state index is 14.0. The van der Waals surface area contributed by atoms with Crippen molar-refractivity contribution >= 4 is 46.9 Å². The van der Waals surface area contributed by atoms with Gasteiger partial charge in [0.15, 0.2) is 0 Å². The Balaban J connectivity index is 1.11. The standard InChI is InChI=1S/C43H35N3O5S/c1-50-38-19-11-9-17-35(38)39-25-22-33(51-39)28-36(45-41(47)31-15-6-3-7-16-31)42(48)44-32-20-23-34(24-21-32)52-40(30-13-4-2-5-14-30)43(49)46-27-26-29-12-8-10-18-37(29)46/h2-25,28,40H,26-27H2,1H3,(H,44,48)(H,45,47)/b36-28-/t40-/m1/s1. The zero-order valence-electron chi connectivity index (χ0n) is 28.3. The molecule has 0 spiro atoms. The highest BCUT2D eigenvalue weighted by Crippen LogP contribution is 2.40. The lowest BCUT2D eigenvalue weighted by atomic mass is 10.1. The lowest BCUT2D eigenvalue weighted by Gasteiger charge is -2.24. The Hall–Kier alpha value is -6.32. The number of anilines is 2. The van der Waals surface area contributed by atoms with Gasteiger partial charge in [0.2, 0.25) is 5.91 Å². The Kier molecular flexibility index (Phi) is 10.3. The Morgan fingerprint density at radius 2 is 1.48 bits per heavy atom. The summed E-state index contributed by atoms with van der Waals surface area (Å²) in [6.45, 7) is 0.642. The molecule has 0 bridgehead atoms.